The molecule has 1 heterocycles. The van der Waals surface area contributed by atoms with Crippen molar-refractivity contribution in [1.82, 2.24) is 15.3 Å². The van der Waals surface area contributed by atoms with E-state index in [4.69, 9.17) is 0 Å². The quantitative estimate of drug-likeness (QED) is 0.885. The molecule has 0 spiro atoms. The number of benzene rings is 1. The van der Waals surface area contributed by atoms with Gasteiger partial charge < -0.3 is 10.2 Å². The summed E-state index contributed by atoms with van der Waals surface area (Å²) in [5.74, 6) is 0.162. The maximum atomic E-state index is 12.9. The highest BCUT2D eigenvalue weighted by atomic mass is 19.1. The fourth-order valence-corrected chi connectivity index (χ4v) is 2.30. The molecule has 1 N–H and O–H groups in total. The Morgan fingerprint density at radius 3 is 2.54 bits per heavy atom. The smallest absolute Gasteiger partial charge is 0.254 e. The summed E-state index contributed by atoms with van der Waals surface area (Å²) in [5, 5.41) is 2.96. The van der Waals surface area contributed by atoms with Crippen LogP contribution in [0.15, 0.2) is 30.5 Å². The normalized spacial score (nSPS) is 11.9. The highest BCUT2D eigenvalue weighted by molar-refractivity contribution is 5.95. The van der Waals surface area contributed by atoms with Gasteiger partial charge in [-0.25, -0.2) is 14.4 Å². The van der Waals surface area contributed by atoms with Crippen molar-refractivity contribution in [2.24, 2.45) is 0 Å². The van der Waals surface area contributed by atoms with Crippen LogP contribution in [0.25, 0.3) is 0 Å². The van der Waals surface area contributed by atoms with E-state index in [-0.39, 0.29) is 17.8 Å². The molecule has 0 aliphatic heterocycles. The van der Waals surface area contributed by atoms with Crippen LogP contribution in [-0.4, -0.2) is 36.0 Å². The van der Waals surface area contributed by atoms with Crippen molar-refractivity contribution in [3.05, 3.63) is 53.1 Å². The van der Waals surface area contributed by atoms with E-state index >= 15 is 0 Å². The monoisotopic (exact) mass is 330 g/mol. The third kappa shape index (κ3) is 4.75. The molecule has 0 bridgehead atoms. The molecule has 0 radical (unpaired) electrons. The van der Waals surface area contributed by atoms with Crippen molar-refractivity contribution in [3.63, 3.8) is 0 Å². The highest BCUT2D eigenvalue weighted by Gasteiger charge is 2.14. The summed E-state index contributed by atoms with van der Waals surface area (Å²) in [6.07, 6.45) is 3.10. The second kappa shape index (κ2) is 7.86. The second-order valence-electron chi connectivity index (χ2n) is 6.10. The van der Waals surface area contributed by atoms with Gasteiger partial charge in [-0.2, -0.15) is 0 Å². The topological polar surface area (TPSA) is 58.1 Å². The number of rotatable bonds is 6. The molecule has 0 saturated heterocycles. The Labute approximate surface area is 141 Å². The van der Waals surface area contributed by atoms with E-state index in [2.05, 4.69) is 15.3 Å². The van der Waals surface area contributed by atoms with E-state index in [0.29, 0.717) is 17.2 Å². The van der Waals surface area contributed by atoms with Crippen LogP contribution in [0, 0.1) is 12.7 Å². The number of amides is 1. The number of hydrogen-bond acceptors (Lipinski definition) is 4. The zero-order valence-corrected chi connectivity index (χ0v) is 14.5. The summed E-state index contributed by atoms with van der Waals surface area (Å²) in [7, 11) is 3.71. The minimum atomic E-state index is -0.239. The van der Waals surface area contributed by atoms with E-state index in [1.807, 2.05) is 21.0 Å². The minimum absolute atomic E-state index is 0.00419. The fourth-order valence-electron chi connectivity index (χ4n) is 2.30. The Morgan fingerprint density at radius 2 is 1.96 bits per heavy atom. The second-order valence-corrected chi connectivity index (χ2v) is 6.10. The molecule has 5 nitrogen and oxygen atoms in total. The number of hydrogen-bond donors (Lipinski definition) is 1. The predicted octanol–water partition coefficient (Wildman–Crippen LogP) is 2.74. The molecular weight excluding hydrogens is 307 g/mol. The van der Waals surface area contributed by atoms with Gasteiger partial charge >= 0.3 is 0 Å². The van der Waals surface area contributed by atoms with Gasteiger partial charge in [-0.05, 0) is 44.4 Å². The first-order valence-corrected chi connectivity index (χ1v) is 7.93. The van der Waals surface area contributed by atoms with Crippen molar-refractivity contribution in [2.45, 2.75) is 32.7 Å². The number of halogens is 1. The molecule has 0 aliphatic carbocycles. The van der Waals surface area contributed by atoms with Crippen LogP contribution in [0.4, 0.5) is 10.3 Å². The summed E-state index contributed by atoms with van der Waals surface area (Å²) < 4.78 is 12.9. The molecular formula is C18H23FN4O. The van der Waals surface area contributed by atoms with Gasteiger partial charge in [0.25, 0.3) is 5.91 Å². The van der Waals surface area contributed by atoms with Crippen LogP contribution in [0.3, 0.4) is 0 Å². The van der Waals surface area contributed by atoms with Gasteiger partial charge in [0.05, 0.1) is 11.3 Å². The zero-order valence-electron chi connectivity index (χ0n) is 14.5. The number of aromatic nitrogens is 2. The van der Waals surface area contributed by atoms with Crippen molar-refractivity contribution < 1.29 is 9.18 Å². The molecule has 1 atom stereocenters. The lowest BCUT2D eigenvalue weighted by Gasteiger charge is -2.16. The van der Waals surface area contributed by atoms with Gasteiger partial charge in [-0.1, -0.05) is 12.1 Å². The third-order valence-corrected chi connectivity index (χ3v) is 3.77. The Balaban J connectivity index is 1.92. The first-order valence-electron chi connectivity index (χ1n) is 7.93. The lowest BCUT2D eigenvalue weighted by Crippen LogP contribution is -2.33. The predicted molar refractivity (Wildman–Crippen MR) is 92.7 cm³/mol. The molecule has 0 fully saturated rings. The van der Waals surface area contributed by atoms with E-state index in [1.165, 1.54) is 12.1 Å². The Morgan fingerprint density at radius 1 is 1.29 bits per heavy atom. The summed E-state index contributed by atoms with van der Waals surface area (Å²) in [4.78, 5) is 22.7. The van der Waals surface area contributed by atoms with Crippen molar-refractivity contribution >= 4 is 11.9 Å². The van der Waals surface area contributed by atoms with Gasteiger partial charge in [0.1, 0.15) is 5.82 Å². The molecule has 6 heteroatoms. The van der Waals surface area contributed by atoms with E-state index < -0.39 is 0 Å². The Kier molecular flexibility index (Phi) is 5.84. The number of carbonyl (C=O) groups is 1. The van der Waals surface area contributed by atoms with Crippen LogP contribution >= 0.6 is 0 Å². The van der Waals surface area contributed by atoms with Gasteiger partial charge in [-0.15, -0.1) is 0 Å². The van der Waals surface area contributed by atoms with Gasteiger partial charge in [0.15, 0.2) is 0 Å². The van der Waals surface area contributed by atoms with Crippen molar-refractivity contribution in [1.29, 1.82) is 0 Å². The van der Waals surface area contributed by atoms with Crippen LogP contribution in [0.5, 0.6) is 0 Å². The number of aryl methyl sites for hydroxylation is 2. The third-order valence-electron chi connectivity index (χ3n) is 3.77. The molecule has 0 aliphatic rings. The molecule has 0 unspecified atom stereocenters. The van der Waals surface area contributed by atoms with Crippen LogP contribution in [-0.2, 0) is 6.42 Å². The average Bonchev–Trinajstić information content (AvgIpc) is 2.54. The maximum absolute atomic E-state index is 12.9. The molecule has 2 rings (SSSR count). The molecule has 128 valence electrons. The number of nitrogens with one attached hydrogen (secondary N) is 1. The highest BCUT2D eigenvalue weighted by Crippen LogP contribution is 2.11. The lowest BCUT2D eigenvalue weighted by molar-refractivity contribution is 0.0937. The maximum Gasteiger partial charge on any atom is 0.254 e. The van der Waals surface area contributed by atoms with Crippen LogP contribution < -0.4 is 10.2 Å². The summed E-state index contributed by atoms with van der Waals surface area (Å²) >= 11 is 0. The van der Waals surface area contributed by atoms with Crippen LogP contribution in [0.1, 0.15) is 35.0 Å². The van der Waals surface area contributed by atoms with E-state index in [0.717, 1.165) is 18.4 Å². The largest absolute Gasteiger partial charge is 0.349 e. The summed E-state index contributed by atoms with van der Waals surface area (Å²) in [6.45, 7) is 3.75. The minimum Gasteiger partial charge on any atom is -0.349 e. The summed E-state index contributed by atoms with van der Waals surface area (Å²) in [6, 6.07) is 6.43. The van der Waals surface area contributed by atoms with E-state index in [1.54, 1.807) is 30.2 Å². The van der Waals surface area contributed by atoms with Crippen molar-refractivity contribution in [2.75, 3.05) is 19.0 Å². The fraction of sp³-hybridized carbons (Fsp3) is 0.389. The first kappa shape index (κ1) is 17.8. The van der Waals surface area contributed by atoms with Crippen molar-refractivity contribution in [3.8, 4) is 0 Å². The molecule has 0 saturated carbocycles. The molecule has 2 aromatic rings. The standard InChI is InChI=1S/C18H23FN4O/c1-12(5-6-14-7-9-15(19)10-8-14)21-17(24)16-11-20-18(23(3)4)22-13(16)2/h7-12H,5-6H2,1-4H3,(H,21,24)/t12-/m1/s1. The zero-order chi connectivity index (χ0) is 17.7. The van der Waals surface area contributed by atoms with Gasteiger partial charge in [-0.3, -0.25) is 4.79 Å². The molecule has 1 aromatic heterocycles. The number of carbonyl (C=O) groups excluding carboxylic acids is 1. The number of anilines is 1. The van der Waals surface area contributed by atoms with Gasteiger partial charge in [0, 0.05) is 26.3 Å². The number of nitrogens with zero attached hydrogens (tertiary/aromatic N) is 3. The van der Waals surface area contributed by atoms with Gasteiger partial charge in [0.2, 0.25) is 5.95 Å². The SMILES string of the molecule is Cc1nc(N(C)C)ncc1C(=O)N[C@H](C)CCc1ccc(F)cc1. The van der Waals surface area contributed by atoms with Crippen LogP contribution in [0.2, 0.25) is 0 Å². The molecule has 24 heavy (non-hydrogen) atoms. The Bertz CT molecular complexity index is 701. The molecule has 1 aromatic carbocycles. The van der Waals surface area contributed by atoms with E-state index in [9.17, 15) is 9.18 Å². The molecule has 1 amide bonds. The Hall–Kier alpha value is -2.50. The summed E-state index contributed by atoms with van der Waals surface area (Å²) in [5.41, 5.74) is 2.18. The average molecular weight is 330 g/mol. The first-order chi connectivity index (χ1) is 11.4. The lowest BCUT2D eigenvalue weighted by atomic mass is 10.1.